The van der Waals surface area contributed by atoms with Crippen LogP contribution in [0, 0.1) is 0 Å². The molecule has 6 atom stereocenters. The normalized spacial score (nSPS) is 22.2. The van der Waals surface area contributed by atoms with E-state index in [2.05, 4.69) is 42.2 Å². The second-order valence-electron chi connectivity index (χ2n) is 14.8. The number of primary amides is 2. The zero-order chi connectivity index (χ0) is 46.6. The Kier molecular flexibility index (Phi) is 22.3. The maximum Gasteiger partial charge on any atom is 0.245 e. The van der Waals surface area contributed by atoms with Crippen LogP contribution in [0.2, 0.25) is 5.02 Å². The molecule has 0 spiro atoms. The lowest BCUT2D eigenvalue weighted by molar-refractivity contribution is -0.138. The fraction of sp³-hybridized carbons (Fsp3) is 0.568. The van der Waals surface area contributed by atoms with E-state index in [1.807, 2.05) is 0 Å². The Morgan fingerprint density at radius 3 is 2.02 bits per heavy atom. The number of carbonyl (C=O) groups excluding carboxylic acids is 9. The van der Waals surface area contributed by atoms with Gasteiger partial charge in [0.1, 0.15) is 41.8 Å². The number of benzene rings is 1. The predicted molar refractivity (Wildman–Crippen MR) is 235 cm³/mol. The van der Waals surface area contributed by atoms with Gasteiger partial charge in [0.15, 0.2) is 5.96 Å². The van der Waals surface area contributed by atoms with Crippen LogP contribution in [0.25, 0.3) is 0 Å². The number of nitrogens with zero attached hydrogens (tertiary/aromatic N) is 1. The molecule has 2 rings (SSSR count). The van der Waals surface area contributed by atoms with E-state index in [1.165, 1.54) is 20.8 Å². The first-order chi connectivity index (χ1) is 29.1. The smallest absolute Gasteiger partial charge is 0.245 e. The predicted octanol–water partition coefficient (Wildman–Crippen LogP) is -3.36. The van der Waals surface area contributed by atoms with E-state index in [9.17, 15) is 43.2 Å². The third kappa shape index (κ3) is 19.2. The van der Waals surface area contributed by atoms with Gasteiger partial charge in [-0.2, -0.15) is 0 Å². The monoisotopic (exact) mass is 927 g/mol. The van der Waals surface area contributed by atoms with E-state index in [0.29, 0.717) is 23.4 Å². The quantitative estimate of drug-likeness (QED) is 0.0334. The number of nitrogens with one attached hydrogen (secondary N) is 7. The Morgan fingerprint density at radius 1 is 0.823 bits per heavy atom. The van der Waals surface area contributed by atoms with Crippen molar-refractivity contribution in [3.63, 3.8) is 0 Å². The third-order valence-corrected chi connectivity index (χ3v) is 11.8. The number of unbranched alkanes of at least 4 members (excludes halogenated alkanes) is 1. The minimum absolute atomic E-state index is 0.0174. The molecule has 62 heavy (non-hydrogen) atoms. The van der Waals surface area contributed by atoms with Gasteiger partial charge in [0, 0.05) is 36.4 Å². The molecular formula is C37H58ClN13O9S2. The lowest BCUT2D eigenvalue weighted by Gasteiger charge is -2.31. The number of hydrogen-bond acceptors (Lipinski definition) is 13. The van der Waals surface area contributed by atoms with Crippen LogP contribution >= 0.6 is 33.2 Å². The average Bonchev–Trinajstić information content (AvgIpc) is 3.18. The Bertz CT molecular complexity index is 1800. The van der Waals surface area contributed by atoms with E-state index in [0.717, 1.165) is 21.6 Å². The molecule has 25 heteroatoms. The minimum atomic E-state index is -1.78. The summed E-state index contributed by atoms with van der Waals surface area (Å²) in [6, 6.07) is -1.56. The summed E-state index contributed by atoms with van der Waals surface area (Å²) >= 11 is 6.03. The van der Waals surface area contributed by atoms with Crippen molar-refractivity contribution in [3.05, 3.63) is 34.9 Å². The summed E-state index contributed by atoms with van der Waals surface area (Å²) in [7, 11) is 1.98. The minimum Gasteiger partial charge on any atom is -0.370 e. The zero-order valence-electron chi connectivity index (χ0n) is 34.8. The molecule has 9 amide bonds. The molecule has 17 N–H and O–H groups in total. The number of carbonyl (C=O) groups is 9. The summed E-state index contributed by atoms with van der Waals surface area (Å²) in [4.78, 5) is 123. The molecule has 0 aliphatic carbocycles. The molecule has 0 saturated carbocycles. The molecule has 0 bridgehead atoms. The second-order valence-corrected chi connectivity index (χ2v) is 17.8. The molecule has 344 valence electrons. The third-order valence-electron chi connectivity index (χ3n) is 9.08. The Balaban J connectivity index is 2.63. The van der Waals surface area contributed by atoms with Crippen LogP contribution in [0.15, 0.2) is 29.3 Å². The number of amides is 9. The van der Waals surface area contributed by atoms with Crippen LogP contribution in [-0.2, 0) is 49.6 Å². The summed E-state index contributed by atoms with van der Waals surface area (Å²) < 4.78 is 0. The van der Waals surface area contributed by atoms with Crippen molar-refractivity contribution >= 4 is 92.3 Å². The number of rotatable bonds is 16. The van der Waals surface area contributed by atoms with E-state index < -0.39 is 101 Å². The van der Waals surface area contributed by atoms with Gasteiger partial charge in [-0.25, -0.2) is 0 Å². The van der Waals surface area contributed by atoms with Gasteiger partial charge in [0.05, 0.1) is 6.42 Å². The van der Waals surface area contributed by atoms with Gasteiger partial charge in [-0.05, 0) is 70.2 Å². The van der Waals surface area contributed by atoms with Gasteiger partial charge in [0.2, 0.25) is 53.2 Å². The van der Waals surface area contributed by atoms with Crippen molar-refractivity contribution in [2.24, 2.45) is 33.7 Å². The molecule has 1 fully saturated rings. The van der Waals surface area contributed by atoms with Gasteiger partial charge >= 0.3 is 0 Å². The number of guanidine groups is 1. The Hall–Kier alpha value is -5.33. The zero-order valence-corrected chi connectivity index (χ0v) is 37.1. The SMILES string of the molecule is CC(=O)N[C@@H](Cc1ccc(Cl)cc1)C(=O)N[C@H]1CSSC[C@@H](C(N)=O)NC(=O)[C@H](CC(N)=O)NC(=O)C(C)(C)NC(=O)[C@H](CCCN=C(N)N)NC(=O)[C@H](CCCCN)NC1=O. The number of hydrogen-bond donors (Lipinski definition) is 12. The number of aliphatic imine (C=N–C) groups is 1. The first kappa shape index (κ1) is 52.8. The van der Waals surface area contributed by atoms with E-state index in [4.69, 9.17) is 40.3 Å². The van der Waals surface area contributed by atoms with Gasteiger partial charge in [-0.15, -0.1) is 0 Å². The van der Waals surface area contributed by atoms with Crippen molar-refractivity contribution in [3.8, 4) is 0 Å². The van der Waals surface area contributed by atoms with Crippen molar-refractivity contribution in [2.45, 2.75) is 108 Å². The highest BCUT2D eigenvalue weighted by molar-refractivity contribution is 8.76. The molecule has 1 aromatic rings. The van der Waals surface area contributed by atoms with Gasteiger partial charge in [0.25, 0.3) is 0 Å². The standard InChI is InChI=1S/C37H58ClN13O9S2/c1-19(52)45-24(15-20-9-11-21(38)12-10-20)31(56)49-27-18-62-61-17-26(29(41)54)48-32(57)25(16-28(40)53)50-35(60)37(2,3)51-34(59)23(8-6-14-44-36(42)43)47-30(55)22(46-33(27)58)7-4-5-13-39/h9-12,22-27H,4-8,13-18,39H2,1-3H3,(H2,40,53)(H2,41,54)(H,45,52)(H,46,58)(H,47,55)(H,48,57)(H,49,56)(H,50,60)(H,51,59)(H4,42,43,44)/t22-,23-,24-,25-,26-,27-/m0/s1. The summed E-state index contributed by atoms with van der Waals surface area (Å²) in [6.07, 6.45) is 0.325. The van der Waals surface area contributed by atoms with Crippen LogP contribution in [-0.4, -0.2) is 126 Å². The van der Waals surface area contributed by atoms with Gasteiger partial charge < -0.3 is 65.9 Å². The lowest BCUT2D eigenvalue weighted by atomic mass is 10.0. The molecule has 0 aromatic heterocycles. The van der Waals surface area contributed by atoms with E-state index in [-0.39, 0.29) is 56.2 Å². The summed E-state index contributed by atoms with van der Waals surface area (Å²) in [5.74, 6) is -8.20. The lowest BCUT2D eigenvalue weighted by Crippen LogP contribution is -2.63. The van der Waals surface area contributed by atoms with Crippen LogP contribution in [0.1, 0.15) is 64.9 Å². The highest BCUT2D eigenvalue weighted by Gasteiger charge is 2.37. The maximum absolute atomic E-state index is 14.2. The van der Waals surface area contributed by atoms with Crippen LogP contribution < -0.4 is 65.9 Å². The van der Waals surface area contributed by atoms with Crippen molar-refractivity contribution < 1.29 is 43.2 Å². The fourth-order valence-electron chi connectivity index (χ4n) is 5.75. The topological polar surface area (TPSA) is 380 Å². The Morgan fingerprint density at radius 2 is 1.42 bits per heavy atom. The second kappa shape index (κ2) is 26.2. The van der Waals surface area contributed by atoms with Crippen molar-refractivity contribution in [2.75, 3.05) is 24.6 Å². The molecule has 1 aliphatic heterocycles. The van der Waals surface area contributed by atoms with Crippen molar-refractivity contribution in [1.29, 1.82) is 0 Å². The molecular weight excluding hydrogens is 870 g/mol. The van der Waals surface area contributed by atoms with E-state index >= 15 is 0 Å². The molecule has 22 nitrogen and oxygen atoms in total. The number of halogens is 1. The van der Waals surface area contributed by atoms with Crippen LogP contribution in [0.5, 0.6) is 0 Å². The summed E-state index contributed by atoms with van der Waals surface area (Å²) in [6.45, 7) is 4.17. The molecule has 1 aliphatic rings. The highest BCUT2D eigenvalue weighted by atomic mass is 35.5. The molecule has 1 saturated heterocycles. The number of nitrogens with two attached hydrogens (primary N) is 5. The van der Waals surface area contributed by atoms with Crippen molar-refractivity contribution in [1.82, 2.24) is 37.2 Å². The fourth-order valence-corrected chi connectivity index (χ4v) is 8.21. The Labute approximate surface area is 372 Å². The molecule has 0 unspecified atom stereocenters. The first-order valence-corrected chi connectivity index (χ1v) is 22.4. The van der Waals surface area contributed by atoms with Crippen LogP contribution in [0.3, 0.4) is 0 Å². The van der Waals surface area contributed by atoms with Crippen LogP contribution in [0.4, 0.5) is 0 Å². The maximum atomic E-state index is 14.2. The van der Waals surface area contributed by atoms with Gasteiger partial charge in [-0.3, -0.25) is 48.1 Å². The summed E-state index contributed by atoms with van der Waals surface area (Å²) in [5.41, 5.74) is 26.5. The molecule has 1 heterocycles. The summed E-state index contributed by atoms with van der Waals surface area (Å²) in [5, 5.41) is 18.4. The average molecular weight is 929 g/mol. The van der Waals surface area contributed by atoms with Gasteiger partial charge in [-0.1, -0.05) is 45.3 Å². The first-order valence-electron chi connectivity index (χ1n) is 19.6. The molecule has 1 aromatic carbocycles. The highest BCUT2D eigenvalue weighted by Crippen LogP contribution is 2.24. The largest absolute Gasteiger partial charge is 0.370 e. The molecule has 0 radical (unpaired) electrons. The van der Waals surface area contributed by atoms with E-state index in [1.54, 1.807) is 24.3 Å².